The van der Waals surface area contributed by atoms with Gasteiger partial charge in [-0.15, -0.1) is 11.6 Å². The zero-order valence-corrected chi connectivity index (χ0v) is 12.7. The Hall–Kier alpha value is -0.540. The van der Waals surface area contributed by atoms with Crippen molar-refractivity contribution in [1.82, 2.24) is 4.90 Å². The van der Waals surface area contributed by atoms with E-state index < -0.39 is 0 Å². The van der Waals surface area contributed by atoms with Crippen LogP contribution in [0.25, 0.3) is 0 Å². The fourth-order valence-corrected chi connectivity index (χ4v) is 2.90. The zero-order valence-electron chi connectivity index (χ0n) is 10.4. The van der Waals surface area contributed by atoms with Crippen LogP contribution < -0.4 is 0 Å². The molecule has 0 bridgehead atoms. The van der Waals surface area contributed by atoms with Gasteiger partial charge in [0.2, 0.25) is 5.91 Å². The lowest BCUT2D eigenvalue weighted by atomic mass is 9.99. The van der Waals surface area contributed by atoms with E-state index in [1.165, 1.54) is 0 Å². The largest absolute Gasteiger partial charge is 0.342 e. The number of benzene rings is 1. The molecule has 1 aliphatic rings. The molecule has 4 heteroatoms. The van der Waals surface area contributed by atoms with E-state index in [0.29, 0.717) is 12.3 Å². The van der Waals surface area contributed by atoms with Crippen molar-refractivity contribution in [2.75, 3.05) is 13.1 Å². The molecule has 0 spiro atoms. The number of amides is 1. The van der Waals surface area contributed by atoms with E-state index in [1.54, 1.807) is 0 Å². The molecule has 1 saturated heterocycles. The van der Waals surface area contributed by atoms with E-state index in [1.807, 2.05) is 29.2 Å². The highest BCUT2D eigenvalue weighted by Crippen LogP contribution is 2.22. The van der Waals surface area contributed by atoms with Gasteiger partial charge >= 0.3 is 0 Å². The molecule has 2 nitrogen and oxygen atoms in total. The van der Waals surface area contributed by atoms with Crippen LogP contribution in [0.4, 0.5) is 0 Å². The summed E-state index contributed by atoms with van der Waals surface area (Å²) in [4.78, 5) is 14.1. The molecule has 18 heavy (non-hydrogen) atoms. The van der Waals surface area contributed by atoms with Gasteiger partial charge in [-0.05, 0) is 30.0 Å². The molecule has 1 fully saturated rings. The number of nitrogens with zero attached hydrogens (tertiary/aromatic N) is 1. The van der Waals surface area contributed by atoms with Crippen LogP contribution in [0.2, 0.25) is 0 Å². The maximum absolute atomic E-state index is 12.2. The molecule has 0 aliphatic carbocycles. The third kappa shape index (κ3) is 3.48. The monoisotopic (exact) mass is 329 g/mol. The Morgan fingerprint density at radius 2 is 2.33 bits per heavy atom. The fraction of sp³-hybridized carbons (Fsp3) is 0.500. The number of carbonyl (C=O) groups excluding carboxylic acids is 1. The molecule has 2 rings (SSSR count). The number of rotatable bonds is 2. The quantitative estimate of drug-likeness (QED) is 0.760. The predicted octanol–water partition coefficient (Wildman–Crippen LogP) is 3.47. The summed E-state index contributed by atoms with van der Waals surface area (Å²) in [6.45, 7) is 3.67. The standard InChI is InChI=1S/C14H17BrClNO/c1-10-9-17(6-5-13(10)16)14(18)8-11-3-2-4-12(15)7-11/h2-4,7,10,13H,5-6,8-9H2,1H3. The van der Waals surface area contributed by atoms with Gasteiger partial charge in [0.1, 0.15) is 0 Å². The van der Waals surface area contributed by atoms with Gasteiger partial charge in [0.05, 0.1) is 6.42 Å². The van der Waals surface area contributed by atoms with Crippen LogP contribution in [-0.2, 0) is 11.2 Å². The fourth-order valence-electron chi connectivity index (χ4n) is 2.28. The Balaban J connectivity index is 1.96. The Labute approximate surface area is 121 Å². The normalized spacial score (nSPS) is 24.1. The number of hydrogen-bond donors (Lipinski definition) is 0. The van der Waals surface area contributed by atoms with Crippen LogP contribution >= 0.6 is 27.5 Å². The summed E-state index contributed by atoms with van der Waals surface area (Å²) in [7, 11) is 0. The minimum absolute atomic E-state index is 0.198. The molecule has 2 atom stereocenters. The van der Waals surface area contributed by atoms with E-state index in [2.05, 4.69) is 22.9 Å². The Kier molecular flexibility index (Phi) is 4.68. The SMILES string of the molecule is CC1CN(C(=O)Cc2cccc(Br)c2)CCC1Cl. The van der Waals surface area contributed by atoms with Crippen molar-refractivity contribution in [2.24, 2.45) is 5.92 Å². The van der Waals surface area contributed by atoms with Crippen LogP contribution in [-0.4, -0.2) is 29.3 Å². The smallest absolute Gasteiger partial charge is 0.227 e. The minimum atomic E-state index is 0.198. The Bertz CT molecular complexity index is 438. The lowest BCUT2D eigenvalue weighted by Gasteiger charge is -2.34. The van der Waals surface area contributed by atoms with Gasteiger partial charge in [0, 0.05) is 22.9 Å². The maximum Gasteiger partial charge on any atom is 0.227 e. The highest BCUT2D eigenvalue weighted by Gasteiger charge is 2.26. The van der Waals surface area contributed by atoms with Crippen LogP contribution in [0.15, 0.2) is 28.7 Å². The van der Waals surface area contributed by atoms with Crippen LogP contribution in [0.3, 0.4) is 0 Å². The van der Waals surface area contributed by atoms with Gasteiger partial charge < -0.3 is 4.90 Å². The Morgan fingerprint density at radius 3 is 3.00 bits per heavy atom. The van der Waals surface area contributed by atoms with Gasteiger partial charge in [0.15, 0.2) is 0 Å². The average molecular weight is 331 g/mol. The summed E-state index contributed by atoms with van der Waals surface area (Å²) in [5, 5.41) is 0.208. The molecule has 1 amide bonds. The number of piperidine rings is 1. The molecule has 0 N–H and O–H groups in total. The van der Waals surface area contributed by atoms with Crippen LogP contribution in [0.5, 0.6) is 0 Å². The zero-order chi connectivity index (χ0) is 13.1. The second kappa shape index (κ2) is 6.07. The lowest BCUT2D eigenvalue weighted by Crippen LogP contribution is -2.44. The first-order chi connectivity index (χ1) is 8.56. The van der Waals surface area contributed by atoms with Crippen molar-refractivity contribution in [3.8, 4) is 0 Å². The van der Waals surface area contributed by atoms with Gasteiger partial charge in [-0.3, -0.25) is 4.79 Å². The van der Waals surface area contributed by atoms with Crippen LogP contribution in [0.1, 0.15) is 18.9 Å². The number of likely N-dealkylation sites (tertiary alicyclic amines) is 1. The van der Waals surface area contributed by atoms with Gasteiger partial charge in [-0.1, -0.05) is 35.0 Å². The molecular formula is C14H17BrClNO. The maximum atomic E-state index is 12.2. The van der Waals surface area contributed by atoms with E-state index in [4.69, 9.17) is 11.6 Å². The highest BCUT2D eigenvalue weighted by molar-refractivity contribution is 9.10. The molecule has 1 aliphatic heterocycles. The number of carbonyl (C=O) groups is 1. The molecule has 2 unspecified atom stereocenters. The highest BCUT2D eigenvalue weighted by atomic mass is 79.9. The van der Waals surface area contributed by atoms with Gasteiger partial charge in [-0.25, -0.2) is 0 Å². The topological polar surface area (TPSA) is 20.3 Å². The van der Waals surface area contributed by atoms with E-state index in [9.17, 15) is 4.79 Å². The lowest BCUT2D eigenvalue weighted by molar-refractivity contribution is -0.132. The van der Waals surface area contributed by atoms with Crippen LogP contribution in [0, 0.1) is 5.92 Å². The minimum Gasteiger partial charge on any atom is -0.342 e. The second-order valence-corrected chi connectivity index (χ2v) is 6.40. The summed E-state index contributed by atoms with van der Waals surface area (Å²) >= 11 is 9.60. The summed E-state index contributed by atoms with van der Waals surface area (Å²) in [5.74, 6) is 0.579. The van der Waals surface area contributed by atoms with Crippen molar-refractivity contribution in [1.29, 1.82) is 0 Å². The third-order valence-electron chi connectivity index (χ3n) is 3.40. The summed E-state index contributed by atoms with van der Waals surface area (Å²) in [5.41, 5.74) is 1.05. The second-order valence-electron chi connectivity index (χ2n) is 4.93. The predicted molar refractivity (Wildman–Crippen MR) is 77.8 cm³/mol. The third-order valence-corrected chi connectivity index (χ3v) is 4.54. The molecule has 1 aromatic rings. The number of hydrogen-bond acceptors (Lipinski definition) is 1. The molecule has 0 saturated carbocycles. The molecule has 1 aromatic carbocycles. The molecule has 1 heterocycles. The number of halogens is 2. The summed E-state index contributed by atoms with van der Waals surface area (Å²) < 4.78 is 1.01. The van der Waals surface area contributed by atoms with Gasteiger partial charge in [-0.2, -0.15) is 0 Å². The first-order valence-electron chi connectivity index (χ1n) is 6.22. The van der Waals surface area contributed by atoms with Crippen molar-refractivity contribution in [3.05, 3.63) is 34.3 Å². The van der Waals surface area contributed by atoms with Crippen molar-refractivity contribution in [2.45, 2.75) is 25.1 Å². The van der Waals surface area contributed by atoms with E-state index in [0.717, 1.165) is 29.5 Å². The Morgan fingerprint density at radius 1 is 1.56 bits per heavy atom. The summed E-state index contributed by atoms with van der Waals surface area (Å²) in [6.07, 6.45) is 1.37. The van der Waals surface area contributed by atoms with Gasteiger partial charge in [0.25, 0.3) is 0 Å². The molecule has 0 aromatic heterocycles. The van der Waals surface area contributed by atoms with E-state index in [-0.39, 0.29) is 11.3 Å². The molecular weight excluding hydrogens is 314 g/mol. The molecule has 0 radical (unpaired) electrons. The van der Waals surface area contributed by atoms with E-state index >= 15 is 0 Å². The molecule has 98 valence electrons. The number of alkyl halides is 1. The first kappa shape index (κ1) is 13.9. The van der Waals surface area contributed by atoms with Crippen molar-refractivity contribution < 1.29 is 4.79 Å². The van der Waals surface area contributed by atoms with Crippen molar-refractivity contribution in [3.63, 3.8) is 0 Å². The average Bonchev–Trinajstić information content (AvgIpc) is 2.32. The summed E-state index contributed by atoms with van der Waals surface area (Å²) in [6, 6.07) is 7.91. The first-order valence-corrected chi connectivity index (χ1v) is 7.45. The van der Waals surface area contributed by atoms with Crippen molar-refractivity contribution >= 4 is 33.4 Å².